The minimum Gasteiger partial charge on any atom is -0.366 e. The summed E-state index contributed by atoms with van der Waals surface area (Å²) in [5.41, 5.74) is 8.26. The third-order valence-corrected chi connectivity index (χ3v) is 8.12. The van der Waals surface area contributed by atoms with Gasteiger partial charge in [0.25, 0.3) is 11.8 Å². The number of amides is 4. The summed E-state index contributed by atoms with van der Waals surface area (Å²) in [4.78, 5) is 51.9. The Kier molecular flexibility index (Phi) is 10.6. The van der Waals surface area contributed by atoms with Crippen molar-refractivity contribution >= 4 is 52.8 Å². The molecule has 0 aliphatic carbocycles. The molecule has 234 valence electrons. The van der Waals surface area contributed by atoms with Crippen molar-refractivity contribution in [3.63, 3.8) is 0 Å². The predicted molar refractivity (Wildman–Crippen MR) is 182 cm³/mol. The molecule has 5 rings (SSSR count). The first-order valence-electron chi connectivity index (χ1n) is 14.4. The van der Waals surface area contributed by atoms with Crippen LogP contribution in [0.4, 0.5) is 15.8 Å². The van der Waals surface area contributed by atoms with Crippen LogP contribution in [-0.2, 0) is 9.59 Å². The van der Waals surface area contributed by atoms with Crippen molar-refractivity contribution in [1.29, 1.82) is 0 Å². The van der Waals surface area contributed by atoms with Crippen LogP contribution in [0.1, 0.15) is 37.1 Å². The second-order valence-corrected chi connectivity index (χ2v) is 11.4. The molecule has 0 aliphatic rings. The Morgan fingerprint density at radius 3 is 1.85 bits per heavy atom. The Bertz CT molecular complexity index is 1900. The summed E-state index contributed by atoms with van der Waals surface area (Å²) in [6.07, 6.45) is 1.46. The first-order chi connectivity index (χ1) is 22.7. The van der Waals surface area contributed by atoms with Gasteiger partial charge in [-0.25, -0.2) is 4.39 Å². The molecule has 0 spiro atoms. The quantitative estimate of drug-likeness (QED) is 0.0928. The van der Waals surface area contributed by atoms with Gasteiger partial charge in [-0.15, -0.1) is 11.8 Å². The van der Waals surface area contributed by atoms with E-state index < -0.39 is 28.8 Å². The molecule has 5 aromatic rings. The highest BCUT2D eigenvalue weighted by Gasteiger charge is 2.23. The van der Waals surface area contributed by atoms with Crippen molar-refractivity contribution in [3.05, 3.63) is 167 Å². The van der Waals surface area contributed by atoms with E-state index >= 15 is 0 Å². The van der Waals surface area contributed by atoms with Crippen molar-refractivity contribution in [2.24, 2.45) is 5.73 Å². The molecule has 0 bridgehead atoms. The SMILES string of the molecule is NC(=O)c1ccc(NC(=O)C(Sc2ccc(NC(=O)/C(=C/c3ccc(F)cc3)NC(=O)c3ccccc3)cc2)c2ccccc2)cc1. The Morgan fingerprint density at radius 2 is 1.23 bits per heavy atom. The second-order valence-electron chi connectivity index (χ2n) is 10.2. The molecule has 8 nitrogen and oxygen atoms in total. The van der Waals surface area contributed by atoms with Crippen LogP contribution in [-0.4, -0.2) is 23.6 Å². The number of carbonyl (C=O) groups excluding carboxylic acids is 4. The highest BCUT2D eigenvalue weighted by molar-refractivity contribution is 8.00. The van der Waals surface area contributed by atoms with Crippen molar-refractivity contribution < 1.29 is 23.6 Å². The molecule has 0 saturated heterocycles. The van der Waals surface area contributed by atoms with Gasteiger partial charge in [-0.3, -0.25) is 19.2 Å². The number of hydrogen-bond donors (Lipinski definition) is 4. The average molecular weight is 645 g/mol. The molecule has 5 aromatic carbocycles. The normalized spacial score (nSPS) is 11.6. The minimum absolute atomic E-state index is 0.0337. The summed E-state index contributed by atoms with van der Waals surface area (Å²) in [6, 6.07) is 36.5. The van der Waals surface area contributed by atoms with E-state index in [0.717, 1.165) is 10.5 Å². The Labute approximate surface area is 274 Å². The van der Waals surface area contributed by atoms with Gasteiger partial charge in [-0.05, 0) is 90.0 Å². The Balaban J connectivity index is 1.31. The summed E-state index contributed by atoms with van der Waals surface area (Å²) in [5.74, 6) is -2.31. The van der Waals surface area contributed by atoms with Gasteiger partial charge >= 0.3 is 0 Å². The van der Waals surface area contributed by atoms with E-state index in [2.05, 4.69) is 16.0 Å². The van der Waals surface area contributed by atoms with E-state index in [1.807, 2.05) is 30.3 Å². The number of primary amides is 1. The lowest BCUT2D eigenvalue weighted by Crippen LogP contribution is -2.30. The number of benzene rings is 5. The first kappa shape index (κ1) is 32.4. The number of nitrogens with two attached hydrogens (primary N) is 1. The molecule has 1 unspecified atom stereocenters. The summed E-state index contributed by atoms with van der Waals surface area (Å²) >= 11 is 1.32. The topological polar surface area (TPSA) is 130 Å². The highest BCUT2D eigenvalue weighted by atomic mass is 32.2. The van der Waals surface area contributed by atoms with Crippen LogP contribution in [0.15, 0.2) is 144 Å². The third-order valence-electron chi connectivity index (χ3n) is 6.85. The van der Waals surface area contributed by atoms with Crippen LogP contribution in [0.5, 0.6) is 0 Å². The molecule has 1 atom stereocenters. The summed E-state index contributed by atoms with van der Waals surface area (Å²) in [5, 5.41) is 7.73. The van der Waals surface area contributed by atoms with Gasteiger partial charge in [0.2, 0.25) is 11.8 Å². The van der Waals surface area contributed by atoms with Crippen molar-refractivity contribution in [2.45, 2.75) is 10.1 Å². The lowest BCUT2D eigenvalue weighted by molar-refractivity contribution is -0.116. The Hall–Kier alpha value is -6.00. The van der Waals surface area contributed by atoms with Crippen molar-refractivity contribution in [3.8, 4) is 0 Å². The molecular weight excluding hydrogens is 615 g/mol. The monoisotopic (exact) mass is 644 g/mol. The van der Waals surface area contributed by atoms with E-state index in [-0.39, 0.29) is 11.6 Å². The number of carbonyl (C=O) groups is 4. The van der Waals surface area contributed by atoms with Crippen LogP contribution in [0, 0.1) is 5.82 Å². The molecule has 4 amide bonds. The molecule has 0 saturated carbocycles. The maximum Gasteiger partial charge on any atom is 0.272 e. The van der Waals surface area contributed by atoms with Crippen LogP contribution in [0.3, 0.4) is 0 Å². The van der Waals surface area contributed by atoms with Crippen LogP contribution in [0.2, 0.25) is 0 Å². The average Bonchev–Trinajstić information content (AvgIpc) is 3.09. The van der Waals surface area contributed by atoms with E-state index in [0.29, 0.717) is 28.1 Å². The van der Waals surface area contributed by atoms with E-state index in [1.54, 1.807) is 78.9 Å². The summed E-state index contributed by atoms with van der Waals surface area (Å²) in [6.45, 7) is 0. The molecule has 0 radical (unpaired) electrons. The van der Waals surface area contributed by atoms with Gasteiger partial charge in [0.1, 0.15) is 16.8 Å². The van der Waals surface area contributed by atoms with Gasteiger partial charge in [-0.1, -0.05) is 60.7 Å². The fourth-order valence-electron chi connectivity index (χ4n) is 4.45. The van der Waals surface area contributed by atoms with Gasteiger partial charge in [-0.2, -0.15) is 0 Å². The fraction of sp³-hybridized carbons (Fsp3) is 0.0270. The number of rotatable bonds is 11. The molecule has 0 aliphatic heterocycles. The van der Waals surface area contributed by atoms with Crippen molar-refractivity contribution in [2.75, 3.05) is 10.6 Å². The molecule has 0 aromatic heterocycles. The number of halogens is 1. The number of anilines is 2. The van der Waals surface area contributed by atoms with Crippen LogP contribution >= 0.6 is 11.8 Å². The lowest BCUT2D eigenvalue weighted by Gasteiger charge is -2.18. The summed E-state index contributed by atoms with van der Waals surface area (Å²) < 4.78 is 13.5. The summed E-state index contributed by atoms with van der Waals surface area (Å²) in [7, 11) is 0. The van der Waals surface area contributed by atoms with E-state index in [1.165, 1.54) is 42.1 Å². The number of nitrogens with one attached hydrogen (secondary N) is 3. The maximum atomic E-state index is 13.5. The predicted octanol–water partition coefficient (Wildman–Crippen LogP) is 6.81. The first-order valence-corrected chi connectivity index (χ1v) is 15.3. The minimum atomic E-state index is -0.620. The zero-order valence-corrected chi connectivity index (χ0v) is 25.7. The maximum absolute atomic E-state index is 13.5. The van der Waals surface area contributed by atoms with Crippen molar-refractivity contribution in [1.82, 2.24) is 5.32 Å². The molecule has 0 fully saturated rings. The standard InChI is InChI=1S/C37H29FN4O4S/c38-28-15-11-24(12-16-28)23-32(42-35(44)27-9-5-2-6-10-27)36(45)40-30-19-21-31(22-20-30)47-33(25-7-3-1-4-8-25)37(46)41-29-17-13-26(14-18-29)34(39)43/h1-23,33H,(H2,39,43)(H,40,45)(H,41,46)(H,42,44)/b32-23-. The van der Waals surface area contributed by atoms with Gasteiger partial charge in [0.05, 0.1) is 0 Å². The largest absolute Gasteiger partial charge is 0.366 e. The highest BCUT2D eigenvalue weighted by Crippen LogP contribution is 2.36. The molecule has 5 N–H and O–H groups in total. The third kappa shape index (κ3) is 9.03. The smallest absolute Gasteiger partial charge is 0.272 e. The molecule has 10 heteroatoms. The number of hydrogen-bond acceptors (Lipinski definition) is 5. The molecule has 0 heterocycles. The lowest BCUT2D eigenvalue weighted by atomic mass is 10.1. The zero-order valence-electron chi connectivity index (χ0n) is 24.9. The van der Waals surface area contributed by atoms with E-state index in [9.17, 15) is 23.6 Å². The molecule has 47 heavy (non-hydrogen) atoms. The zero-order chi connectivity index (χ0) is 33.2. The fourth-order valence-corrected chi connectivity index (χ4v) is 5.47. The number of thioether (sulfide) groups is 1. The Morgan fingerprint density at radius 1 is 0.660 bits per heavy atom. The van der Waals surface area contributed by atoms with Gasteiger partial charge in [0, 0.05) is 27.4 Å². The van der Waals surface area contributed by atoms with Gasteiger partial charge in [0.15, 0.2) is 0 Å². The van der Waals surface area contributed by atoms with Crippen LogP contribution in [0.25, 0.3) is 6.08 Å². The second kappa shape index (κ2) is 15.3. The van der Waals surface area contributed by atoms with Crippen LogP contribution < -0.4 is 21.7 Å². The molecular formula is C37H29FN4O4S. The van der Waals surface area contributed by atoms with Gasteiger partial charge < -0.3 is 21.7 Å². The van der Waals surface area contributed by atoms with E-state index in [4.69, 9.17) is 5.73 Å².